The smallest absolute Gasteiger partial charge is 0.224 e. The quantitative estimate of drug-likeness (QED) is 0.791. The van der Waals surface area contributed by atoms with Crippen molar-refractivity contribution in [2.45, 2.75) is 51.5 Å². The standard InChI is InChI=1S/C19H23N5O/c1-12-11-20-19(22-14-4-2-3-5-14)24-18(12)21-15-7-8-16-13(10-15)6-9-17(25)23-16/h7-8,10-11,14H,2-6,9H2,1H3,(H,23,25)(H2,20,21,22,24). The molecule has 4 rings (SSSR count). The molecule has 1 fully saturated rings. The summed E-state index contributed by atoms with van der Waals surface area (Å²) < 4.78 is 0. The van der Waals surface area contributed by atoms with Crippen LogP contribution in [0.1, 0.15) is 43.2 Å². The number of hydrogen-bond acceptors (Lipinski definition) is 5. The van der Waals surface area contributed by atoms with E-state index in [1.165, 1.54) is 25.7 Å². The third kappa shape index (κ3) is 3.57. The summed E-state index contributed by atoms with van der Waals surface area (Å²) in [5.74, 6) is 1.59. The predicted molar refractivity (Wildman–Crippen MR) is 99.3 cm³/mol. The van der Waals surface area contributed by atoms with E-state index in [1.807, 2.05) is 25.3 Å². The Kier molecular flexibility index (Phi) is 4.26. The van der Waals surface area contributed by atoms with Gasteiger partial charge in [0.2, 0.25) is 11.9 Å². The summed E-state index contributed by atoms with van der Waals surface area (Å²) in [6.07, 6.45) is 8.10. The van der Waals surface area contributed by atoms with Gasteiger partial charge in [0.15, 0.2) is 0 Å². The molecule has 6 nitrogen and oxygen atoms in total. The minimum atomic E-state index is 0.0856. The van der Waals surface area contributed by atoms with Gasteiger partial charge in [-0.15, -0.1) is 0 Å². The third-order valence-corrected chi connectivity index (χ3v) is 4.92. The molecule has 0 bridgehead atoms. The van der Waals surface area contributed by atoms with E-state index in [2.05, 4.69) is 32.0 Å². The van der Waals surface area contributed by atoms with Gasteiger partial charge in [-0.3, -0.25) is 4.79 Å². The van der Waals surface area contributed by atoms with Crippen LogP contribution in [0.3, 0.4) is 0 Å². The van der Waals surface area contributed by atoms with E-state index in [-0.39, 0.29) is 5.91 Å². The van der Waals surface area contributed by atoms with E-state index >= 15 is 0 Å². The van der Waals surface area contributed by atoms with Crippen molar-refractivity contribution in [3.05, 3.63) is 35.5 Å². The maximum atomic E-state index is 11.5. The highest BCUT2D eigenvalue weighted by Gasteiger charge is 2.17. The van der Waals surface area contributed by atoms with Crippen LogP contribution >= 0.6 is 0 Å². The second-order valence-electron chi connectivity index (χ2n) is 6.90. The van der Waals surface area contributed by atoms with Crippen molar-refractivity contribution in [2.24, 2.45) is 0 Å². The topological polar surface area (TPSA) is 78.9 Å². The van der Waals surface area contributed by atoms with Gasteiger partial charge in [-0.2, -0.15) is 4.98 Å². The first-order chi connectivity index (χ1) is 12.2. The first-order valence-corrected chi connectivity index (χ1v) is 8.97. The fourth-order valence-corrected chi connectivity index (χ4v) is 3.49. The molecule has 2 aliphatic rings. The first kappa shape index (κ1) is 15.9. The number of fused-ring (bicyclic) bond motifs is 1. The van der Waals surface area contributed by atoms with Crippen molar-refractivity contribution in [3.63, 3.8) is 0 Å². The van der Waals surface area contributed by atoms with Crippen molar-refractivity contribution in [2.75, 3.05) is 16.0 Å². The van der Waals surface area contributed by atoms with Gasteiger partial charge in [0, 0.05) is 35.6 Å². The molecule has 1 amide bonds. The highest BCUT2D eigenvalue weighted by Crippen LogP contribution is 2.28. The molecule has 130 valence electrons. The molecule has 1 aliphatic heterocycles. The highest BCUT2D eigenvalue weighted by molar-refractivity contribution is 5.94. The molecule has 2 aromatic rings. The molecular formula is C19H23N5O. The molecule has 6 heteroatoms. The van der Waals surface area contributed by atoms with Gasteiger partial charge < -0.3 is 16.0 Å². The maximum Gasteiger partial charge on any atom is 0.224 e. The molecule has 1 aromatic heterocycles. The summed E-state index contributed by atoms with van der Waals surface area (Å²) in [4.78, 5) is 20.5. The lowest BCUT2D eigenvalue weighted by molar-refractivity contribution is -0.116. The number of rotatable bonds is 4. The first-order valence-electron chi connectivity index (χ1n) is 8.97. The van der Waals surface area contributed by atoms with Gasteiger partial charge in [-0.05, 0) is 49.9 Å². The lowest BCUT2D eigenvalue weighted by Crippen LogP contribution is -2.19. The van der Waals surface area contributed by atoms with Crippen LogP contribution in [0.4, 0.5) is 23.1 Å². The van der Waals surface area contributed by atoms with Gasteiger partial charge >= 0.3 is 0 Å². The van der Waals surface area contributed by atoms with Crippen molar-refractivity contribution in [1.82, 2.24) is 9.97 Å². The van der Waals surface area contributed by atoms with Crippen LogP contribution < -0.4 is 16.0 Å². The monoisotopic (exact) mass is 337 g/mol. The summed E-state index contributed by atoms with van der Waals surface area (Å²) in [6.45, 7) is 2.00. The minimum Gasteiger partial charge on any atom is -0.351 e. The molecule has 1 aromatic carbocycles. The molecule has 3 N–H and O–H groups in total. The van der Waals surface area contributed by atoms with Crippen molar-refractivity contribution in [3.8, 4) is 0 Å². The molecule has 2 heterocycles. The molecule has 0 saturated heterocycles. The van der Waals surface area contributed by atoms with Crippen molar-refractivity contribution in [1.29, 1.82) is 0 Å². The Morgan fingerprint density at radius 3 is 2.88 bits per heavy atom. The van der Waals surface area contributed by atoms with E-state index in [0.29, 0.717) is 18.4 Å². The number of nitrogens with zero attached hydrogens (tertiary/aromatic N) is 2. The number of nitrogens with one attached hydrogen (secondary N) is 3. The van der Waals surface area contributed by atoms with Gasteiger partial charge in [-0.25, -0.2) is 4.98 Å². The van der Waals surface area contributed by atoms with Crippen LogP contribution in [0.5, 0.6) is 0 Å². The summed E-state index contributed by atoms with van der Waals surface area (Å²) >= 11 is 0. The number of carbonyl (C=O) groups is 1. The number of hydrogen-bond donors (Lipinski definition) is 3. The Hall–Kier alpha value is -2.63. The predicted octanol–water partition coefficient (Wildman–Crippen LogP) is 3.77. The number of aryl methyl sites for hydroxylation is 2. The molecular weight excluding hydrogens is 314 g/mol. The van der Waals surface area contributed by atoms with E-state index < -0.39 is 0 Å². The average Bonchev–Trinajstić information content (AvgIpc) is 3.11. The Balaban J connectivity index is 1.52. The maximum absolute atomic E-state index is 11.5. The zero-order chi connectivity index (χ0) is 17.2. The summed E-state index contributed by atoms with van der Waals surface area (Å²) in [7, 11) is 0. The van der Waals surface area contributed by atoms with Gasteiger partial charge in [0.25, 0.3) is 0 Å². The molecule has 25 heavy (non-hydrogen) atoms. The average molecular weight is 337 g/mol. The van der Waals surface area contributed by atoms with Crippen LogP contribution in [-0.4, -0.2) is 21.9 Å². The Morgan fingerprint density at radius 2 is 2.04 bits per heavy atom. The molecule has 1 aliphatic carbocycles. The highest BCUT2D eigenvalue weighted by atomic mass is 16.1. The molecule has 0 spiro atoms. The summed E-state index contributed by atoms with van der Waals surface area (Å²) in [5.41, 5.74) is 4.04. The van der Waals surface area contributed by atoms with E-state index in [1.54, 1.807) is 0 Å². The SMILES string of the molecule is Cc1cnc(NC2CCCC2)nc1Nc1ccc2c(c1)CCC(=O)N2. The fraction of sp³-hybridized carbons (Fsp3) is 0.421. The Bertz CT molecular complexity index is 798. The van der Waals surface area contributed by atoms with Crippen LogP contribution in [0.15, 0.2) is 24.4 Å². The van der Waals surface area contributed by atoms with Crippen LogP contribution in [-0.2, 0) is 11.2 Å². The van der Waals surface area contributed by atoms with E-state index in [0.717, 1.165) is 34.7 Å². The van der Waals surface area contributed by atoms with Gasteiger partial charge in [0.05, 0.1) is 0 Å². The fourth-order valence-electron chi connectivity index (χ4n) is 3.49. The Morgan fingerprint density at radius 1 is 1.20 bits per heavy atom. The third-order valence-electron chi connectivity index (χ3n) is 4.92. The lowest BCUT2D eigenvalue weighted by Gasteiger charge is -2.18. The minimum absolute atomic E-state index is 0.0856. The number of aromatic nitrogens is 2. The van der Waals surface area contributed by atoms with E-state index in [4.69, 9.17) is 0 Å². The molecule has 0 atom stereocenters. The normalized spacial score (nSPS) is 17.1. The van der Waals surface area contributed by atoms with E-state index in [9.17, 15) is 4.79 Å². The second kappa shape index (κ2) is 6.70. The van der Waals surface area contributed by atoms with Crippen LogP contribution in [0, 0.1) is 6.92 Å². The zero-order valence-electron chi connectivity index (χ0n) is 14.4. The summed E-state index contributed by atoms with van der Waals surface area (Å²) in [6, 6.07) is 6.49. The van der Waals surface area contributed by atoms with Gasteiger partial charge in [0.1, 0.15) is 5.82 Å². The number of amides is 1. The second-order valence-corrected chi connectivity index (χ2v) is 6.90. The molecule has 1 saturated carbocycles. The largest absolute Gasteiger partial charge is 0.351 e. The summed E-state index contributed by atoms with van der Waals surface area (Å²) in [5, 5.41) is 9.74. The number of carbonyl (C=O) groups excluding carboxylic acids is 1. The van der Waals surface area contributed by atoms with Crippen LogP contribution in [0.25, 0.3) is 0 Å². The lowest BCUT2D eigenvalue weighted by atomic mass is 10.0. The van der Waals surface area contributed by atoms with Crippen LogP contribution in [0.2, 0.25) is 0 Å². The van der Waals surface area contributed by atoms with Gasteiger partial charge in [-0.1, -0.05) is 12.8 Å². The molecule has 0 unspecified atom stereocenters. The van der Waals surface area contributed by atoms with Crippen molar-refractivity contribution >= 4 is 29.0 Å². The Labute approximate surface area is 147 Å². The number of anilines is 4. The number of benzene rings is 1. The zero-order valence-corrected chi connectivity index (χ0v) is 14.4. The molecule has 0 radical (unpaired) electrons. The van der Waals surface area contributed by atoms with Crippen molar-refractivity contribution < 1.29 is 4.79 Å².